The lowest BCUT2D eigenvalue weighted by molar-refractivity contribution is 0.322. The molecular weight excluding hydrogens is 366 g/mol. The SMILES string of the molecule is CCNC(=NCCc1ccc(OC)c(OC)c1OC)N1CCc2ccccc2C1. The Labute approximate surface area is 173 Å². The zero-order chi connectivity index (χ0) is 20.6. The van der Waals surface area contributed by atoms with E-state index < -0.39 is 0 Å². The van der Waals surface area contributed by atoms with Crippen LogP contribution in [0.2, 0.25) is 0 Å². The lowest BCUT2D eigenvalue weighted by atomic mass is 10.0. The molecule has 0 amide bonds. The molecule has 0 fully saturated rings. The van der Waals surface area contributed by atoms with Crippen LogP contribution in [0.1, 0.15) is 23.6 Å². The molecule has 0 radical (unpaired) electrons. The van der Waals surface area contributed by atoms with Crippen LogP contribution in [-0.4, -0.2) is 51.8 Å². The highest BCUT2D eigenvalue weighted by molar-refractivity contribution is 5.80. The van der Waals surface area contributed by atoms with E-state index in [9.17, 15) is 0 Å². The van der Waals surface area contributed by atoms with Gasteiger partial charge in [-0.25, -0.2) is 0 Å². The minimum atomic E-state index is 0.621. The van der Waals surface area contributed by atoms with Gasteiger partial charge in [-0.2, -0.15) is 0 Å². The molecule has 0 saturated carbocycles. The van der Waals surface area contributed by atoms with Gasteiger partial charge in [0.25, 0.3) is 0 Å². The quantitative estimate of drug-likeness (QED) is 0.574. The highest BCUT2D eigenvalue weighted by atomic mass is 16.5. The van der Waals surface area contributed by atoms with Crippen molar-refractivity contribution in [3.05, 3.63) is 53.1 Å². The van der Waals surface area contributed by atoms with Crippen molar-refractivity contribution in [3.8, 4) is 17.2 Å². The first-order valence-corrected chi connectivity index (χ1v) is 10.1. The van der Waals surface area contributed by atoms with E-state index in [1.807, 2.05) is 12.1 Å². The van der Waals surface area contributed by atoms with Crippen molar-refractivity contribution >= 4 is 5.96 Å². The van der Waals surface area contributed by atoms with Gasteiger partial charge in [-0.05, 0) is 37.0 Å². The summed E-state index contributed by atoms with van der Waals surface area (Å²) in [6.45, 7) is 5.47. The summed E-state index contributed by atoms with van der Waals surface area (Å²) in [5.74, 6) is 2.95. The van der Waals surface area contributed by atoms with Crippen molar-refractivity contribution < 1.29 is 14.2 Å². The van der Waals surface area contributed by atoms with E-state index in [2.05, 4.69) is 41.4 Å². The van der Waals surface area contributed by atoms with Gasteiger partial charge in [-0.3, -0.25) is 4.99 Å². The van der Waals surface area contributed by atoms with Gasteiger partial charge in [0, 0.05) is 31.7 Å². The van der Waals surface area contributed by atoms with Crippen LogP contribution < -0.4 is 19.5 Å². The van der Waals surface area contributed by atoms with E-state index in [0.29, 0.717) is 23.8 Å². The molecule has 6 nitrogen and oxygen atoms in total. The van der Waals surface area contributed by atoms with Gasteiger partial charge in [0.15, 0.2) is 17.5 Å². The fourth-order valence-electron chi connectivity index (χ4n) is 3.74. The average molecular weight is 398 g/mol. The van der Waals surface area contributed by atoms with E-state index in [4.69, 9.17) is 19.2 Å². The topological polar surface area (TPSA) is 55.3 Å². The lowest BCUT2D eigenvalue weighted by Crippen LogP contribution is -2.44. The maximum Gasteiger partial charge on any atom is 0.203 e. The van der Waals surface area contributed by atoms with E-state index in [0.717, 1.165) is 44.0 Å². The fraction of sp³-hybridized carbons (Fsp3) is 0.435. The van der Waals surface area contributed by atoms with E-state index in [1.54, 1.807) is 21.3 Å². The van der Waals surface area contributed by atoms with Crippen LogP contribution in [0, 0.1) is 0 Å². The molecule has 0 bridgehead atoms. The smallest absolute Gasteiger partial charge is 0.203 e. The number of benzene rings is 2. The number of fused-ring (bicyclic) bond motifs is 1. The Morgan fingerprint density at radius 2 is 1.76 bits per heavy atom. The van der Waals surface area contributed by atoms with Crippen molar-refractivity contribution in [2.45, 2.75) is 26.3 Å². The number of nitrogens with one attached hydrogen (secondary N) is 1. The van der Waals surface area contributed by atoms with Crippen LogP contribution in [0.4, 0.5) is 0 Å². The van der Waals surface area contributed by atoms with Gasteiger partial charge in [-0.15, -0.1) is 0 Å². The number of aliphatic imine (C=N–C) groups is 1. The maximum absolute atomic E-state index is 5.59. The summed E-state index contributed by atoms with van der Waals surface area (Å²) >= 11 is 0. The Balaban J connectivity index is 1.73. The monoisotopic (exact) mass is 397 g/mol. The Hall–Kier alpha value is -2.89. The first kappa shape index (κ1) is 20.8. The third-order valence-corrected chi connectivity index (χ3v) is 5.19. The molecule has 6 heteroatoms. The number of nitrogens with zero attached hydrogens (tertiary/aromatic N) is 2. The predicted octanol–water partition coefficient (Wildman–Crippen LogP) is 3.28. The number of guanidine groups is 1. The van der Waals surface area contributed by atoms with Crippen molar-refractivity contribution in [3.63, 3.8) is 0 Å². The summed E-state index contributed by atoms with van der Waals surface area (Å²) in [6, 6.07) is 12.6. The third-order valence-electron chi connectivity index (χ3n) is 5.19. The number of hydrogen-bond acceptors (Lipinski definition) is 4. The van der Waals surface area contributed by atoms with Gasteiger partial charge in [0.05, 0.1) is 21.3 Å². The van der Waals surface area contributed by atoms with Crippen LogP contribution in [0.25, 0.3) is 0 Å². The van der Waals surface area contributed by atoms with Crippen molar-refractivity contribution in [2.24, 2.45) is 4.99 Å². The molecule has 2 aromatic rings. The maximum atomic E-state index is 5.59. The lowest BCUT2D eigenvalue weighted by Gasteiger charge is -2.31. The van der Waals surface area contributed by atoms with Crippen LogP contribution >= 0.6 is 0 Å². The summed E-state index contributed by atoms with van der Waals surface area (Å²) in [6.07, 6.45) is 1.80. The van der Waals surface area contributed by atoms with Gasteiger partial charge < -0.3 is 24.4 Å². The summed E-state index contributed by atoms with van der Waals surface area (Å²) < 4.78 is 16.4. The Morgan fingerprint density at radius 3 is 2.45 bits per heavy atom. The molecule has 0 aliphatic carbocycles. The van der Waals surface area contributed by atoms with E-state index in [1.165, 1.54) is 11.1 Å². The summed E-state index contributed by atoms with van der Waals surface area (Å²) in [4.78, 5) is 7.21. The molecule has 1 N–H and O–H groups in total. The largest absolute Gasteiger partial charge is 0.493 e. The minimum Gasteiger partial charge on any atom is -0.493 e. The highest BCUT2D eigenvalue weighted by Crippen LogP contribution is 2.39. The summed E-state index contributed by atoms with van der Waals surface area (Å²) in [5, 5.41) is 3.44. The van der Waals surface area contributed by atoms with Crippen LogP contribution in [0.3, 0.4) is 0 Å². The molecule has 1 aliphatic rings. The van der Waals surface area contributed by atoms with Crippen LogP contribution in [0.5, 0.6) is 17.2 Å². The zero-order valence-corrected chi connectivity index (χ0v) is 17.8. The zero-order valence-electron chi connectivity index (χ0n) is 17.8. The number of ether oxygens (including phenoxy) is 3. The van der Waals surface area contributed by atoms with Crippen LogP contribution in [0.15, 0.2) is 41.4 Å². The second kappa shape index (κ2) is 10.0. The molecule has 0 saturated heterocycles. The molecule has 1 heterocycles. The Bertz CT molecular complexity index is 851. The molecule has 29 heavy (non-hydrogen) atoms. The molecule has 0 aromatic heterocycles. The van der Waals surface area contributed by atoms with Gasteiger partial charge in [0.1, 0.15) is 0 Å². The molecule has 3 rings (SSSR count). The molecule has 0 unspecified atom stereocenters. The van der Waals surface area contributed by atoms with Gasteiger partial charge in [0.2, 0.25) is 5.75 Å². The Morgan fingerprint density at radius 1 is 1.00 bits per heavy atom. The molecule has 0 spiro atoms. The van der Waals surface area contributed by atoms with Crippen molar-refractivity contribution in [1.29, 1.82) is 0 Å². The molecular formula is C23H31N3O3. The van der Waals surface area contributed by atoms with E-state index in [-0.39, 0.29) is 0 Å². The second-order valence-corrected chi connectivity index (χ2v) is 6.92. The van der Waals surface area contributed by atoms with E-state index >= 15 is 0 Å². The van der Waals surface area contributed by atoms with Crippen molar-refractivity contribution in [2.75, 3.05) is 41.0 Å². The molecule has 1 aliphatic heterocycles. The number of methoxy groups -OCH3 is 3. The van der Waals surface area contributed by atoms with Gasteiger partial charge >= 0.3 is 0 Å². The second-order valence-electron chi connectivity index (χ2n) is 6.92. The van der Waals surface area contributed by atoms with Crippen molar-refractivity contribution in [1.82, 2.24) is 10.2 Å². The fourth-order valence-corrected chi connectivity index (χ4v) is 3.74. The number of rotatable bonds is 7. The van der Waals surface area contributed by atoms with Crippen LogP contribution in [-0.2, 0) is 19.4 Å². The summed E-state index contributed by atoms with van der Waals surface area (Å²) in [5.41, 5.74) is 3.87. The standard InChI is InChI=1S/C23H31N3O3/c1-5-24-23(26-15-13-17-8-6-7-9-19(17)16-26)25-14-12-18-10-11-20(27-2)22(29-4)21(18)28-3/h6-11H,5,12-16H2,1-4H3,(H,24,25). The predicted molar refractivity (Wildman–Crippen MR) is 116 cm³/mol. The third kappa shape index (κ3) is 4.75. The average Bonchev–Trinajstić information content (AvgIpc) is 2.77. The molecule has 0 atom stereocenters. The minimum absolute atomic E-state index is 0.621. The highest BCUT2D eigenvalue weighted by Gasteiger charge is 2.19. The summed E-state index contributed by atoms with van der Waals surface area (Å²) in [7, 11) is 4.90. The Kier molecular flexibility index (Phi) is 7.22. The number of hydrogen-bond donors (Lipinski definition) is 1. The molecule has 2 aromatic carbocycles. The van der Waals surface area contributed by atoms with Gasteiger partial charge in [-0.1, -0.05) is 30.3 Å². The first-order chi connectivity index (χ1) is 14.2. The first-order valence-electron chi connectivity index (χ1n) is 10.1. The normalized spacial score (nSPS) is 13.7. The molecule has 156 valence electrons.